The van der Waals surface area contributed by atoms with Crippen LogP contribution in [0, 0.1) is 11.8 Å². The number of carbonyl (C=O) groups excluding carboxylic acids is 1. The maximum atomic E-state index is 11.7. The monoisotopic (exact) mass is 239 g/mol. The Hall–Kier alpha value is -1.32. The number of hydrogen-bond acceptors (Lipinski definition) is 2. The van der Waals surface area contributed by atoms with Gasteiger partial charge >= 0.3 is 5.97 Å². The molecule has 0 aromatic heterocycles. The zero-order valence-corrected chi connectivity index (χ0v) is 10.5. The predicted molar refractivity (Wildman–Crippen MR) is 65.5 cm³/mol. The molecule has 1 rings (SSSR count). The third-order valence-corrected chi connectivity index (χ3v) is 2.90. The molecule has 0 heterocycles. The highest BCUT2D eigenvalue weighted by Gasteiger charge is 2.22. The quantitative estimate of drug-likeness (QED) is 0.696. The number of carboxylic acids is 1. The Balaban J connectivity index is 2.40. The molecule has 0 spiro atoms. The van der Waals surface area contributed by atoms with Crippen molar-refractivity contribution in [2.75, 3.05) is 0 Å². The minimum Gasteiger partial charge on any atom is -0.480 e. The molecule has 0 bridgehead atoms. The third kappa shape index (κ3) is 5.02. The van der Waals surface area contributed by atoms with Gasteiger partial charge in [0.1, 0.15) is 6.04 Å². The molecule has 96 valence electrons. The van der Waals surface area contributed by atoms with E-state index in [-0.39, 0.29) is 17.7 Å². The first-order chi connectivity index (χ1) is 7.99. The van der Waals surface area contributed by atoms with Crippen LogP contribution in [-0.2, 0) is 9.59 Å². The number of rotatable bonds is 6. The lowest BCUT2D eigenvalue weighted by atomic mass is 10.0. The van der Waals surface area contributed by atoms with E-state index in [0.29, 0.717) is 12.8 Å². The summed E-state index contributed by atoms with van der Waals surface area (Å²) < 4.78 is 0. The standard InChI is InChI=1S/C13H21NO3/c1-9(2)7-11(13(16)17)14-12(15)8-10-5-3-4-6-10/h3,5,9-11H,4,6-8H2,1-2H3,(H,14,15)(H,16,17)/t10?,11-/m1/s1. The maximum Gasteiger partial charge on any atom is 0.326 e. The van der Waals surface area contributed by atoms with Crippen molar-refractivity contribution >= 4 is 11.9 Å². The van der Waals surface area contributed by atoms with Gasteiger partial charge in [-0.25, -0.2) is 4.79 Å². The molecule has 2 N–H and O–H groups in total. The fourth-order valence-electron chi connectivity index (χ4n) is 2.05. The summed E-state index contributed by atoms with van der Waals surface area (Å²) in [6, 6.07) is -0.757. The average Bonchev–Trinajstić information content (AvgIpc) is 2.68. The van der Waals surface area contributed by atoms with Crippen molar-refractivity contribution in [2.24, 2.45) is 11.8 Å². The van der Waals surface area contributed by atoms with Gasteiger partial charge in [0.05, 0.1) is 0 Å². The van der Waals surface area contributed by atoms with E-state index >= 15 is 0 Å². The second-order valence-corrected chi connectivity index (χ2v) is 5.06. The highest BCUT2D eigenvalue weighted by Crippen LogP contribution is 2.20. The van der Waals surface area contributed by atoms with Crippen LogP contribution >= 0.6 is 0 Å². The summed E-state index contributed by atoms with van der Waals surface area (Å²) in [6.07, 6.45) is 7.00. The molecule has 0 aromatic carbocycles. The van der Waals surface area contributed by atoms with Gasteiger partial charge in [-0.15, -0.1) is 0 Å². The topological polar surface area (TPSA) is 66.4 Å². The van der Waals surface area contributed by atoms with Crippen LogP contribution in [0.15, 0.2) is 12.2 Å². The SMILES string of the molecule is CC(C)C[C@@H](NC(=O)CC1C=CCC1)C(=O)O. The molecule has 17 heavy (non-hydrogen) atoms. The summed E-state index contributed by atoms with van der Waals surface area (Å²) in [5.74, 6) is -0.574. The largest absolute Gasteiger partial charge is 0.480 e. The van der Waals surface area contributed by atoms with E-state index in [1.807, 2.05) is 19.9 Å². The first-order valence-corrected chi connectivity index (χ1v) is 6.18. The van der Waals surface area contributed by atoms with Gasteiger partial charge in [-0.1, -0.05) is 26.0 Å². The Morgan fingerprint density at radius 2 is 2.18 bits per heavy atom. The zero-order valence-electron chi connectivity index (χ0n) is 10.5. The fourth-order valence-corrected chi connectivity index (χ4v) is 2.05. The van der Waals surface area contributed by atoms with Crippen LogP contribution in [0.4, 0.5) is 0 Å². The van der Waals surface area contributed by atoms with Crippen LogP contribution < -0.4 is 5.32 Å². The molecule has 4 heteroatoms. The zero-order chi connectivity index (χ0) is 12.8. The molecule has 0 fully saturated rings. The van der Waals surface area contributed by atoms with Crippen LogP contribution in [0.5, 0.6) is 0 Å². The molecular weight excluding hydrogens is 218 g/mol. The van der Waals surface area contributed by atoms with Crippen LogP contribution in [-0.4, -0.2) is 23.0 Å². The lowest BCUT2D eigenvalue weighted by Gasteiger charge is -2.17. The van der Waals surface area contributed by atoms with E-state index in [9.17, 15) is 9.59 Å². The van der Waals surface area contributed by atoms with Crippen molar-refractivity contribution in [2.45, 2.75) is 45.6 Å². The number of hydrogen-bond donors (Lipinski definition) is 2. The van der Waals surface area contributed by atoms with E-state index in [2.05, 4.69) is 11.4 Å². The van der Waals surface area contributed by atoms with Gasteiger partial charge in [-0.3, -0.25) is 4.79 Å². The van der Waals surface area contributed by atoms with E-state index in [4.69, 9.17) is 5.11 Å². The van der Waals surface area contributed by atoms with E-state index in [1.165, 1.54) is 0 Å². The lowest BCUT2D eigenvalue weighted by Crippen LogP contribution is -2.42. The summed E-state index contributed by atoms with van der Waals surface area (Å²) >= 11 is 0. The molecule has 1 unspecified atom stereocenters. The van der Waals surface area contributed by atoms with Gasteiger partial charge in [-0.05, 0) is 31.1 Å². The molecule has 0 saturated heterocycles. The molecule has 2 atom stereocenters. The summed E-state index contributed by atoms with van der Waals surface area (Å²) in [5.41, 5.74) is 0. The summed E-state index contributed by atoms with van der Waals surface area (Å²) in [4.78, 5) is 22.7. The Labute approximate surface area is 102 Å². The molecular formula is C13H21NO3. The Morgan fingerprint density at radius 1 is 1.47 bits per heavy atom. The van der Waals surface area contributed by atoms with Crippen molar-refractivity contribution < 1.29 is 14.7 Å². The number of aliphatic carboxylic acids is 1. The minimum absolute atomic E-state index is 0.158. The molecule has 1 aliphatic carbocycles. The van der Waals surface area contributed by atoms with E-state index < -0.39 is 12.0 Å². The van der Waals surface area contributed by atoms with Crippen LogP contribution in [0.2, 0.25) is 0 Å². The Morgan fingerprint density at radius 3 is 2.65 bits per heavy atom. The molecule has 1 aliphatic rings. The Bertz CT molecular complexity index is 310. The average molecular weight is 239 g/mol. The molecule has 4 nitrogen and oxygen atoms in total. The number of carboxylic acid groups (broad SMARTS) is 1. The van der Waals surface area contributed by atoms with Crippen molar-refractivity contribution in [3.63, 3.8) is 0 Å². The summed E-state index contributed by atoms with van der Waals surface area (Å²) in [5, 5.41) is 11.6. The number of carbonyl (C=O) groups is 2. The molecule has 0 saturated carbocycles. The fraction of sp³-hybridized carbons (Fsp3) is 0.692. The second-order valence-electron chi connectivity index (χ2n) is 5.06. The van der Waals surface area contributed by atoms with E-state index in [1.54, 1.807) is 0 Å². The highest BCUT2D eigenvalue weighted by atomic mass is 16.4. The normalized spacial score (nSPS) is 20.5. The number of nitrogens with one attached hydrogen (secondary N) is 1. The lowest BCUT2D eigenvalue weighted by molar-refractivity contribution is -0.142. The molecule has 0 aromatic rings. The highest BCUT2D eigenvalue weighted by molar-refractivity contribution is 5.83. The van der Waals surface area contributed by atoms with Crippen molar-refractivity contribution in [1.82, 2.24) is 5.32 Å². The number of allylic oxidation sites excluding steroid dienone is 2. The van der Waals surface area contributed by atoms with E-state index in [0.717, 1.165) is 12.8 Å². The first-order valence-electron chi connectivity index (χ1n) is 6.18. The van der Waals surface area contributed by atoms with Crippen molar-refractivity contribution in [3.05, 3.63) is 12.2 Å². The summed E-state index contributed by atoms with van der Waals surface area (Å²) in [6.45, 7) is 3.89. The van der Waals surface area contributed by atoms with Gasteiger partial charge in [0.15, 0.2) is 0 Å². The smallest absolute Gasteiger partial charge is 0.326 e. The third-order valence-electron chi connectivity index (χ3n) is 2.90. The van der Waals surface area contributed by atoms with Gasteiger partial charge in [0.2, 0.25) is 5.91 Å². The maximum absolute atomic E-state index is 11.7. The van der Waals surface area contributed by atoms with Crippen molar-refractivity contribution in [1.29, 1.82) is 0 Å². The van der Waals surface area contributed by atoms with Gasteiger partial charge in [0, 0.05) is 6.42 Å². The predicted octanol–water partition coefficient (Wildman–Crippen LogP) is 1.96. The van der Waals surface area contributed by atoms with Gasteiger partial charge in [-0.2, -0.15) is 0 Å². The van der Waals surface area contributed by atoms with Crippen LogP contribution in [0.1, 0.15) is 39.5 Å². The molecule has 1 amide bonds. The van der Waals surface area contributed by atoms with Gasteiger partial charge < -0.3 is 10.4 Å². The van der Waals surface area contributed by atoms with Crippen LogP contribution in [0.3, 0.4) is 0 Å². The Kier molecular flexibility index (Phi) is 5.19. The van der Waals surface area contributed by atoms with Crippen molar-refractivity contribution in [3.8, 4) is 0 Å². The first kappa shape index (κ1) is 13.7. The molecule has 0 aliphatic heterocycles. The second kappa shape index (κ2) is 6.42. The minimum atomic E-state index is -0.950. The number of amides is 1. The van der Waals surface area contributed by atoms with Crippen LogP contribution in [0.25, 0.3) is 0 Å². The summed E-state index contributed by atoms with van der Waals surface area (Å²) in [7, 11) is 0. The van der Waals surface area contributed by atoms with Gasteiger partial charge in [0.25, 0.3) is 0 Å². The molecule has 0 radical (unpaired) electrons.